The van der Waals surface area contributed by atoms with Crippen LogP contribution in [0.3, 0.4) is 0 Å². The van der Waals surface area contributed by atoms with E-state index in [0.717, 1.165) is 15.6 Å². The van der Waals surface area contributed by atoms with Gasteiger partial charge in [0.2, 0.25) is 0 Å². The standard InChI is InChI=1S/C28H29BrN2O4S/c1-15(2)18-7-9-19(10-8-18)25-24(27(33)34-6)17(5)30-28-31(25)26(32)23(36-28)14-20-13-21(29)11-12-22(20)35-16(3)4/h7-16,25H,1-6H3/b23-14-. The number of ether oxygens (including phenoxy) is 2. The van der Waals surface area contributed by atoms with Crippen LogP contribution in [0.2, 0.25) is 0 Å². The summed E-state index contributed by atoms with van der Waals surface area (Å²) in [6.45, 7) is 9.95. The fourth-order valence-electron chi connectivity index (χ4n) is 4.21. The Kier molecular flexibility index (Phi) is 7.66. The third-order valence-corrected chi connectivity index (χ3v) is 7.44. The molecule has 0 saturated carbocycles. The molecule has 8 heteroatoms. The van der Waals surface area contributed by atoms with E-state index in [1.165, 1.54) is 24.0 Å². The Balaban J connectivity index is 1.94. The number of nitrogens with zero attached hydrogens (tertiary/aromatic N) is 2. The molecule has 0 saturated heterocycles. The summed E-state index contributed by atoms with van der Waals surface area (Å²) in [5.41, 5.74) is 3.47. The molecule has 1 unspecified atom stereocenters. The lowest BCUT2D eigenvalue weighted by molar-refractivity contribution is -0.136. The van der Waals surface area contributed by atoms with Crippen molar-refractivity contribution in [2.75, 3.05) is 7.11 Å². The van der Waals surface area contributed by atoms with Crippen molar-refractivity contribution in [3.05, 3.63) is 94.6 Å². The molecule has 2 aromatic carbocycles. The summed E-state index contributed by atoms with van der Waals surface area (Å²) in [7, 11) is 1.34. The first-order valence-electron chi connectivity index (χ1n) is 11.8. The third kappa shape index (κ3) is 5.11. The molecule has 0 spiro atoms. The molecule has 1 atom stereocenters. The first-order chi connectivity index (χ1) is 17.1. The van der Waals surface area contributed by atoms with Crippen molar-refractivity contribution in [2.24, 2.45) is 4.99 Å². The van der Waals surface area contributed by atoms with Crippen LogP contribution in [0.15, 0.2) is 68.0 Å². The minimum atomic E-state index is -0.633. The van der Waals surface area contributed by atoms with Gasteiger partial charge in [-0.3, -0.25) is 9.36 Å². The van der Waals surface area contributed by atoms with Gasteiger partial charge in [0, 0.05) is 10.0 Å². The second-order valence-electron chi connectivity index (χ2n) is 9.24. The number of allylic oxidation sites excluding steroid dienone is 1. The minimum Gasteiger partial charge on any atom is -0.490 e. The highest BCUT2D eigenvalue weighted by Crippen LogP contribution is 2.31. The van der Waals surface area contributed by atoms with Crippen LogP contribution in [0.25, 0.3) is 6.08 Å². The van der Waals surface area contributed by atoms with E-state index in [1.807, 2.05) is 62.4 Å². The van der Waals surface area contributed by atoms with Crippen molar-refractivity contribution in [2.45, 2.75) is 52.7 Å². The SMILES string of the molecule is COC(=O)C1=C(C)N=c2s/c(=C\c3cc(Br)ccc3OC(C)C)c(=O)n2C1c1ccc(C(C)C)cc1. The van der Waals surface area contributed by atoms with Gasteiger partial charge in [-0.1, -0.05) is 65.4 Å². The molecule has 188 valence electrons. The zero-order valence-electron chi connectivity index (χ0n) is 21.2. The number of halogens is 1. The zero-order valence-corrected chi connectivity index (χ0v) is 23.6. The lowest BCUT2D eigenvalue weighted by atomic mass is 9.93. The van der Waals surface area contributed by atoms with Gasteiger partial charge < -0.3 is 9.47 Å². The van der Waals surface area contributed by atoms with Gasteiger partial charge >= 0.3 is 5.97 Å². The summed E-state index contributed by atoms with van der Waals surface area (Å²) in [5, 5.41) is 0. The highest BCUT2D eigenvalue weighted by Gasteiger charge is 2.33. The van der Waals surface area contributed by atoms with Gasteiger partial charge in [0.15, 0.2) is 4.80 Å². The van der Waals surface area contributed by atoms with Crippen molar-refractivity contribution in [1.82, 2.24) is 4.57 Å². The Morgan fingerprint density at radius 1 is 1.14 bits per heavy atom. The highest BCUT2D eigenvalue weighted by atomic mass is 79.9. The van der Waals surface area contributed by atoms with E-state index in [-0.39, 0.29) is 11.7 Å². The van der Waals surface area contributed by atoms with E-state index < -0.39 is 12.0 Å². The normalized spacial score (nSPS) is 15.8. The molecule has 1 aliphatic rings. The van der Waals surface area contributed by atoms with Crippen LogP contribution in [0.5, 0.6) is 5.75 Å². The maximum atomic E-state index is 13.8. The molecule has 3 aromatic rings. The molecule has 1 aliphatic heterocycles. The van der Waals surface area contributed by atoms with Crippen molar-refractivity contribution >= 4 is 39.3 Å². The molecule has 2 heterocycles. The summed E-state index contributed by atoms with van der Waals surface area (Å²) >= 11 is 4.81. The predicted octanol–water partition coefficient (Wildman–Crippen LogP) is 5.08. The number of carbonyl (C=O) groups is 1. The first kappa shape index (κ1) is 26.1. The van der Waals surface area contributed by atoms with Crippen molar-refractivity contribution in [3.8, 4) is 5.75 Å². The smallest absolute Gasteiger partial charge is 0.338 e. The number of esters is 1. The largest absolute Gasteiger partial charge is 0.490 e. The van der Waals surface area contributed by atoms with Gasteiger partial charge in [0.1, 0.15) is 5.75 Å². The van der Waals surface area contributed by atoms with Gasteiger partial charge in [0.05, 0.1) is 35.1 Å². The summed E-state index contributed by atoms with van der Waals surface area (Å²) < 4.78 is 14.0. The average molecular weight is 570 g/mol. The van der Waals surface area contributed by atoms with Gasteiger partial charge in [-0.15, -0.1) is 0 Å². The first-order valence-corrected chi connectivity index (χ1v) is 13.4. The summed E-state index contributed by atoms with van der Waals surface area (Å²) in [6, 6.07) is 13.1. The number of carbonyl (C=O) groups excluding carboxylic acids is 1. The van der Waals surface area contributed by atoms with Crippen LogP contribution >= 0.6 is 27.3 Å². The molecular weight excluding hydrogens is 540 g/mol. The van der Waals surface area contributed by atoms with Gasteiger partial charge in [-0.2, -0.15) is 0 Å². The Morgan fingerprint density at radius 2 is 1.83 bits per heavy atom. The van der Waals surface area contributed by atoms with E-state index >= 15 is 0 Å². The molecule has 0 fully saturated rings. The maximum Gasteiger partial charge on any atom is 0.338 e. The Labute approximate surface area is 222 Å². The Hall–Kier alpha value is -2.97. The molecule has 0 radical (unpaired) electrons. The van der Waals surface area contributed by atoms with Crippen LogP contribution in [0, 0.1) is 0 Å². The van der Waals surface area contributed by atoms with E-state index in [4.69, 9.17) is 9.47 Å². The van der Waals surface area contributed by atoms with Crippen molar-refractivity contribution < 1.29 is 14.3 Å². The molecule has 0 N–H and O–H groups in total. The molecule has 1 aromatic heterocycles. The van der Waals surface area contributed by atoms with Gasteiger partial charge in [-0.05, 0) is 62.1 Å². The van der Waals surface area contributed by atoms with Crippen molar-refractivity contribution in [1.29, 1.82) is 0 Å². The molecular formula is C28H29BrN2O4S. The summed E-state index contributed by atoms with van der Waals surface area (Å²) in [6.07, 6.45) is 1.81. The predicted molar refractivity (Wildman–Crippen MR) is 146 cm³/mol. The van der Waals surface area contributed by atoms with E-state index in [0.29, 0.717) is 32.3 Å². The Morgan fingerprint density at radius 3 is 2.44 bits per heavy atom. The average Bonchev–Trinajstić information content (AvgIpc) is 3.13. The highest BCUT2D eigenvalue weighted by molar-refractivity contribution is 9.10. The fourth-order valence-corrected chi connectivity index (χ4v) is 5.62. The molecule has 0 aliphatic carbocycles. The molecule has 0 amide bonds. The number of hydrogen-bond acceptors (Lipinski definition) is 6. The number of benzene rings is 2. The van der Waals surface area contributed by atoms with Crippen LogP contribution in [0.1, 0.15) is 63.3 Å². The van der Waals surface area contributed by atoms with Crippen LogP contribution in [-0.2, 0) is 9.53 Å². The fraction of sp³-hybridized carbons (Fsp3) is 0.321. The number of aromatic nitrogens is 1. The molecule has 6 nitrogen and oxygen atoms in total. The van der Waals surface area contributed by atoms with Gasteiger partial charge in [-0.25, -0.2) is 9.79 Å². The minimum absolute atomic E-state index is 0.0152. The monoisotopic (exact) mass is 568 g/mol. The van der Waals surface area contributed by atoms with E-state index in [9.17, 15) is 9.59 Å². The number of fused-ring (bicyclic) bond motifs is 1. The van der Waals surface area contributed by atoms with Crippen LogP contribution in [0.4, 0.5) is 0 Å². The number of rotatable bonds is 6. The number of methoxy groups -OCH3 is 1. The maximum absolute atomic E-state index is 13.8. The van der Waals surface area contributed by atoms with Crippen LogP contribution < -0.4 is 19.6 Å². The second kappa shape index (κ2) is 10.6. The van der Waals surface area contributed by atoms with Crippen LogP contribution in [-0.4, -0.2) is 23.8 Å². The second-order valence-corrected chi connectivity index (χ2v) is 11.2. The van der Waals surface area contributed by atoms with Crippen molar-refractivity contribution in [3.63, 3.8) is 0 Å². The number of hydrogen-bond donors (Lipinski definition) is 0. The number of thiazole rings is 1. The zero-order chi connectivity index (χ0) is 26.1. The quantitative estimate of drug-likeness (QED) is 0.389. The molecule has 0 bridgehead atoms. The van der Waals surface area contributed by atoms with E-state index in [2.05, 4.69) is 34.8 Å². The summed E-state index contributed by atoms with van der Waals surface area (Å²) in [5.74, 6) is 0.556. The van der Waals surface area contributed by atoms with Gasteiger partial charge in [0.25, 0.3) is 5.56 Å². The lowest BCUT2D eigenvalue weighted by Gasteiger charge is -2.24. The van der Waals surface area contributed by atoms with E-state index in [1.54, 1.807) is 11.5 Å². The molecule has 4 rings (SSSR count). The topological polar surface area (TPSA) is 69.9 Å². The third-order valence-electron chi connectivity index (χ3n) is 5.97. The molecule has 36 heavy (non-hydrogen) atoms. The lowest BCUT2D eigenvalue weighted by Crippen LogP contribution is -2.39. The Bertz CT molecular complexity index is 1510. The summed E-state index contributed by atoms with van der Waals surface area (Å²) in [4.78, 5) is 31.8.